The molecule has 1 heterocycles. The van der Waals surface area contributed by atoms with Crippen LogP contribution in [0.2, 0.25) is 0 Å². The van der Waals surface area contributed by atoms with E-state index in [0.717, 1.165) is 18.0 Å². The minimum Gasteiger partial charge on any atom is -0.355 e. The molecule has 0 saturated carbocycles. The number of hydrogen-bond donors (Lipinski definition) is 2. The largest absolute Gasteiger partial charge is 0.355 e. The highest BCUT2D eigenvalue weighted by Crippen LogP contribution is 2.15. The van der Waals surface area contributed by atoms with E-state index in [1.165, 1.54) is 0 Å². The van der Waals surface area contributed by atoms with Gasteiger partial charge in [-0.3, -0.25) is 10.1 Å². The quantitative estimate of drug-likeness (QED) is 0.797. The van der Waals surface area contributed by atoms with E-state index in [2.05, 4.69) is 15.6 Å². The third kappa shape index (κ3) is 3.90. The number of nitrogens with zero attached hydrogens (tertiary/aromatic N) is 1. The van der Waals surface area contributed by atoms with Gasteiger partial charge in [0.2, 0.25) is 5.91 Å². The second-order valence-electron chi connectivity index (χ2n) is 3.77. The molecule has 0 fully saturated rings. The van der Waals surface area contributed by atoms with Crippen molar-refractivity contribution < 1.29 is 4.79 Å². The molecule has 90 valence electrons. The van der Waals surface area contributed by atoms with Crippen molar-refractivity contribution in [3.8, 4) is 0 Å². The van der Waals surface area contributed by atoms with Crippen LogP contribution < -0.4 is 10.6 Å². The van der Waals surface area contributed by atoms with Gasteiger partial charge in [-0.05, 0) is 20.3 Å². The van der Waals surface area contributed by atoms with Crippen molar-refractivity contribution in [1.82, 2.24) is 15.6 Å². The van der Waals surface area contributed by atoms with Crippen LogP contribution in [0.4, 0.5) is 0 Å². The summed E-state index contributed by atoms with van der Waals surface area (Å²) in [4.78, 5) is 15.8. The zero-order chi connectivity index (χ0) is 12.0. The topological polar surface area (TPSA) is 54.0 Å². The third-order valence-electron chi connectivity index (χ3n) is 2.26. The lowest BCUT2D eigenvalue weighted by Crippen LogP contribution is -2.43. The lowest BCUT2D eigenvalue weighted by atomic mass is 10.2. The van der Waals surface area contributed by atoms with Crippen LogP contribution in [0.1, 0.15) is 38.2 Å². The van der Waals surface area contributed by atoms with Crippen molar-refractivity contribution >= 4 is 17.2 Å². The van der Waals surface area contributed by atoms with Gasteiger partial charge in [-0.15, -0.1) is 11.3 Å². The van der Waals surface area contributed by atoms with Crippen LogP contribution in [0.5, 0.6) is 0 Å². The molecule has 0 bridgehead atoms. The maximum atomic E-state index is 11.6. The van der Waals surface area contributed by atoms with Gasteiger partial charge in [-0.2, -0.15) is 0 Å². The summed E-state index contributed by atoms with van der Waals surface area (Å²) in [6.07, 6.45) is 2.74. The summed E-state index contributed by atoms with van der Waals surface area (Å²) in [5, 5.41) is 9.04. The zero-order valence-electron chi connectivity index (χ0n) is 9.99. The molecule has 2 unspecified atom stereocenters. The number of hydrogen-bond acceptors (Lipinski definition) is 4. The Morgan fingerprint density at radius 3 is 2.88 bits per heavy atom. The standard InChI is InChI=1S/C11H19N3OS/c1-4-5-12-10(15)8(2)14-9(3)11-13-6-7-16-11/h6-9,14H,4-5H2,1-3H3,(H,12,15). The fourth-order valence-corrected chi connectivity index (χ4v) is 2.03. The van der Waals surface area contributed by atoms with Crippen LogP contribution in [-0.4, -0.2) is 23.5 Å². The molecule has 0 aliphatic carbocycles. The van der Waals surface area contributed by atoms with Gasteiger partial charge < -0.3 is 5.32 Å². The first-order valence-electron chi connectivity index (χ1n) is 5.58. The van der Waals surface area contributed by atoms with Crippen LogP contribution in [0.15, 0.2) is 11.6 Å². The molecule has 0 spiro atoms. The summed E-state index contributed by atoms with van der Waals surface area (Å²) in [5.41, 5.74) is 0. The number of carbonyl (C=O) groups excluding carboxylic acids is 1. The summed E-state index contributed by atoms with van der Waals surface area (Å²) >= 11 is 1.60. The third-order valence-corrected chi connectivity index (χ3v) is 3.22. The molecule has 0 aliphatic rings. The van der Waals surface area contributed by atoms with E-state index in [-0.39, 0.29) is 18.0 Å². The first-order chi connectivity index (χ1) is 7.65. The van der Waals surface area contributed by atoms with Crippen LogP contribution in [0, 0.1) is 0 Å². The number of carbonyl (C=O) groups is 1. The predicted octanol–water partition coefficient (Wildman–Crippen LogP) is 1.71. The zero-order valence-corrected chi connectivity index (χ0v) is 10.8. The van der Waals surface area contributed by atoms with Crippen molar-refractivity contribution in [1.29, 1.82) is 0 Å². The summed E-state index contributed by atoms with van der Waals surface area (Å²) < 4.78 is 0. The first-order valence-corrected chi connectivity index (χ1v) is 6.46. The Labute approximate surface area is 100 Å². The molecule has 1 aromatic rings. The van der Waals surface area contributed by atoms with Gasteiger partial charge in [0.1, 0.15) is 5.01 Å². The lowest BCUT2D eigenvalue weighted by molar-refractivity contribution is -0.122. The van der Waals surface area contributed by atoms with Crippen LogP contribution in [-0.2, 0) is 4.79 Å². The SMILES string of the molecule is CCCNC(=O)C(C)NC(C)c1nccs1. The van der Waals surface area contributed by atoms with Crippen molar-refractivity contribution in [3.05, 3.63) is 16.6 Å². The number of aromatic nitrogens is 1. The molecule has 5 heteroatoms. The summed E-state index contributed by atoms with van der Waals surface area (Å²) in [5.74, 6) is 0.0465. The van der Waals surface area contributed by atoms with Crippen LogP contribution >= 0.6 is 11.3 Å². The molecular formula is C11H19N3OS. The maximum absolute atomic E-state index is 11.6. The number of rotatable bonds is 6. The van der Waals surface area contributed by atoms with E-state index in [4.69, 9.17) is 0 Å². The predicted molar refractivity (Wildman–Crippen MR) is 66.4 cm³/mol. The van der Waals surface area contributed by atoms with E-state index in [1.807, 2.05) is 26.2 Å². The summed E-state index contributed by atoms with van der Waals surface area (Å²) in [6.45, 7) is 6.66. The average Bonchev–Trinajstić information content (AvgIpc) is 2.79. The van der Waals surface area contributed by atoms with Crippen molar-refractivity contribution in [2.45, 2.75) is 39.3 Å². The van der Waals surface area contributed by atoms with E-state index in [9.17, 15) is 4.79 Å². The fourth-order valence-electron chi connectivity index (χ4n) is 1.37. The molecule has 0 aliphatic heterocycles. The molecular weight excluding hydrogens is 222 g/mol. The van der Waals surface area contributed by atoms with Gasteiger partial charge in [0.25, 0.3) is 0 Å². The van der Waals surface area contributed by atoms with Crippen LogP contribution in [0.3, 0.4) is 0 Å². The molecule has 2 N–H and O–H groups in total. The minimum atomic E-state index is -0.189. The summed E-state index contributed by atoms with van der Waals surface area (Å²) in [7, 11) is 0. The first kappa shape index (κ1) is 13.1. The van der Waals surface area contributed by atoms with Crippen molar-refractivity contribution in [2.75, 3.05) is 6.54 Å². The molecule has 0 saturated heterocycles. The Bertz CT molecular complexity index is 313. The average molecular weight is 241 g/mol. The molecule has 1 amide bonds. The smallest absolute Gasteiger partial charge is 0.236 e. The number of amides is 1. The lowest BCUT2D eigenvalue weighted by Gasteiger charge is -2.17. The monoisotopic (exact) mass is 241 g/mol. The van der Waals surface area contributed by atoms with Gasteiger partial charge >= 0.3 is 0 Å². The Morgan fingerprint density at radius 2 is 2.31 bits per heavy atom. The second kappa shape index (κ2) is 6.60. The van der Waals surface area contributed by atoms with Gasteiger partial charge in [-0.25, -0.2) is 4.98 Å². The van der Waals surface area contributed by atoms with E-state index in [1.54, 1.807) is 17.5 Å². The Hall–Kier alpha value is -0.940. The van der Waals surface area contributed by atoms with Crippen molar-refractivity contribution in [3.63, 3.8) is 0 Å². The number of thiazole rings is 1. The maximum Gasteiger partial charge on any atom is 0.236 e. The highest BCUT2D eigenvalue weighted by Gasteiger charge is 2.16. The number of nitrogens with one attached hydrogen (secondary N) is 2. The van der Waals surface area contributed by atoms with Crippen LogP contribution in [0.25, 0.3) is 0 Å². The minimum absolute atomic E-state index is 0.0465. The van der Waals surface area contributed by atoms with Gasteiger partial charge in [-0.1, -0.05) is 6.92 Å². The Morgan fingerprint density at radius 1 is 1.56 bits per heavy atom. The van der Waals surface area contributed by atoms with Gasteiger partial charge in [0, 0.05) is 18.1 Å². The molecule has 4 nitrogen and oxygen atoms in total. The molecule has 1 rings (SSSR count). The fraction of sp³-hybridized carbons (Fsp3) is 0.636. The molecule has 0 aromatic carbocycles. The second-order valence-corrected chi connectivity index (χ2v) is 4.70. The van der Waals surface area contributed by atoms with E-state index in [0.29, 0.717) is 0 Å². The Kier molecular flexibility index (Phi) is 5.42. The molecule has 16 heavy (non-hydrogen) atoms. The van der Waals surface area contributed by atoms with Gasteiger partial charge in [0.15, 0.2) is 0 Å². The van der Waals surface area contributed by atoms with E-state index < -0.39 is 0 Å². The highest BCUT2D eigenvalue weighted by atomic mass is 32.1. The Balaban J connectivity index is 2.38. The highest BCUT2D eigenvalue weighted by molar-refractivity contribution is 7.09. The van der Waals surface area contributed by atoms with Crippen molar-refractivity contribution in [2.24, 2.45) is 0 Å². The molecule has 0 radical (unpaired) electrons. The summed E-state index contributed by atoms with van der Waals surface area (Å²) in [6, 6.07) is -0.0761. The van der Waals surface area contributed by atoms with E-state index >= 15 is 0 Å². The van der Waals surface area contributed by atoms with Gasteiger partial charge in [0.05, 0.1) is 12.1 Å². The molecule has 2 atom stereocenters. The normalized spacial score (nSPS) is 14.4. The molecule has 1 aromatic heterocycles.